The maximum absolute atomic E-state index is 12.6. The Morgan fingerprint density at radius 2 is 1.93 bits per heavy atom. The van der Waals surface area contributed by atoms with Crippen LogP contribution in [0.25, 0.3) is 11.1 Å². The summed E-state index contributed by atoms with van der Waals surface area (Å²) in [5, 5.41) is 2.85. The molecule has 0 spiro atoms. The first kappa shape index (κ1) is 19.3. The standard InChI is InChI=1S/C18H18ClN3O4S/c1-10(2)22-27(24,25)13-5-6-15(19)14(9-13)18(23)21-12-4-7-17-16(8-12)20-11(3)26-17/h4-10,22H,1-3H3,(H,21,23). The van der Waals surface area contributed by atoms with Crippen molar-refractivity contribution in [2.75, 3.05) is 5.32 Å². The molecule has 0 fully saturated rings. The molecule has 1 heterocycles. The number of hydrogen-bond acceptors (Lipinski definition) is 5. The van der Waals surface area contributed by atoms with Gasteiger partial charge in [-0.25, -0.2) is 18.1 Å². The van der Waals surface area contributed by atoms with Crippen LogP contribution < -0.4 is 10.0 Å². The van der Waals surface area contributed by atoms with Gasteiger partial charge in [0.15, 0.2) is 11.5 Å². The Morgan fingerprint density at radius 3 is 2.63 bits per heavy atom. The number of halogens is 1. The summed E-state index contributed by atoms with van der Waals surface area (Å²) in [5.41, 5.74) is 1.76. The topological polar surface area (TPSA) is 101 Å². The highest BCUT2D eigenvalue weighted by Crippen LogP contribution is 2.24. The molecule has 9 heteroatoms. The van der Waals surface area contributed by atoms with E-state index in [-0.39, 0.29) is 21.5 Å². The van der Waals surface area contributed by atoms with Crippen LogP contribution in [0.2, 0.25) is 5.02 Å². The van der Waals surface area contributed by atoms with Crippen molar-refractivity contribution >= 4 is 44.3 Å². The SMILES string of the molecule is Cc1nc2cc(NC(=O)c3cc(S(=O)(=O)NC(C)C)ccc3Cl)ccc2o1. The van der Waals surface area contributed by atoms with Gasteiger partial charge in [-0.2, -0.15) is 0 Å². The largest absolute Gasteiger partial charge is 0.441 e. The van der Waals surface area contributed by atoms with Gasteiger partial charge in [0.25, 0.3) is 5.91 Å². The van der Waals surface area contributed by atoms with Crippen LogP contribution in [0.4, 0.5) is 5.69 Å². The number of carbonyl (C=O) groups is 1. The molecule has 0 aliphatic carbocycles. The highest BCUT2D eigenvalue weighted by atomic mass is 35.5. The van der Waals surface area contributed by atoms with E-state index in [2.05, 4.69) is 15.0 Å². The van der Waals surface area contributed by atoms with Crippen molar-refractivity contribution in [3.63, 3.8) is 0 Å². The normalized spacial score (nSPS) is 11.9. The molecule has 0 bridgehead atoms. The average molecular weight is 408 g/mol. The smallest absolute Gasteiger partial charge is 0.257 e. The zero-order valence-electron chi connectivity index (χ0n) is 14.9. The maximum atomic E-state index is 12.6. The number of aryl methyl sites for hydroxylation is 1. The maximum Gasteiger partial charge on any atom is 0.257 e. The van der Waals surface area contributed by atoms with Gasteiger partial charge in [0.2, 0.25) is 10.0 Å². The molecule has 7 nitrogen and oxygen atoms in total. The molecule has 3 aromatic rings. The second kappa shape index (κ2) is 7.30. The lowest BCUT2D eigenvalue weighted by molar-refractivity contribution is 0.102. The minimum absolute atomic E-state index is 0.0340. The van der Waals surface area contributed by atoms with E-state index in [1.165, 1.54) is 18.2 Å². The first-order valence-corrected chi connectivity index (χ1v) is 10.0. The van der Waals surface area contributed by atoms with E-state index >= 15 is 0 Å². The van der Waals surface area contributed by atoms with Crippen LogP contribution in [0, 0.1) is 6.92 Å². The predicted molar refractivity (Wildman–Crippen MR) is 104 cm³/mol. The van der Waals surface area contributed by atoms with Gasteiger partial charge >= 0.3 is 0 Å². The first-order valence-electron chi connectivity index (χ1n) is 8.16. The van der Waals surface area contributed by atoms with E-state index in [0.29, 0.717) is 22.7 Å². The molecule has 0 aliphatic rings. The van der Waals surface area contributed by atoms with Crippen LogP contribution in [0.1, 0.15) is 30.1 Å². The second-order valence-electron chi connectivity index (χ2n) is 6.29. The van der Waals surface area contributed by atoms with E-state index < -0.39 is 15.9 Å². The first-order chi connectivity index (χ1) is 12.7. The predicted octanol–water partition coefficient (Wildman–Crippen LogP) is 3.73. The number of anilines is 1. The Morgan fingerprint density at radius 1 is 1.19 bits per heavy atom. The van der Waals surface area contributed by atoms with Crippen molar-refractivity contribution < 1.29 is 17.6 Å². The molecule has 0 atom stereocenters. The molecule has 0 aliphatic heterocycles. The zero-order valence-corrected chi connectivity index (χ0v) is 16.5. The van der Waals surface area contributed by atoms with Crippen molar-refractivity contribution in [2.24, 2.45) is 0 Å². The van der Waals surface area contributed by atoms with Crippen LogP contribution in [0.5, 0.6) is 0 Å². The Labute approximate surface area is 161 Å². The summed E-state index contributed by atoms with van der Waals surface area (Å²) >= 11 is 6.11. The molecule has 3 rings (SSSR count). The molecule has 27 heavy (non-hydrogen) atoms. The molecule has 0 radical (unpaired) electrons. The molecule has 0 unspecified atom stereocenters. The average Bonchev–Trinajstić information content (AvgIpc) is 2.93. The minimum atomic E-state index is -3.74. The summed E-state index contributed by atoms with van der Waals surface area (Å²) in [7, 11) is -3.74. The lowest BCUT2D eigenvalue weighted by atomic mass is 10.2. The van der Waals surface area contributed by atoms with Gasteiger partial charge in [0.1, 0.15) is 5.52 Å². The Bertz CT molecular complexity index is 1120. The van der Waals surface area contributed by atoms with Crippen molar-refractivity contribution in [1.29, 1.82) is 0 Å². The number of carbonyl (C=O) groups excluding carboxylic acids is 1. The van der Waals surface area contributed by atoms with Crippen molar-refractivity contribution in [1.82, 2.24) is 9.71 Å². The molecule has 0 saturated carbocycles. The van der Waals surface area contributed by atoms with Crippen molar-refractivity contribution in [3.8, 4) is 0 Å². The number of sulfonamides is 1. The van der Waals surface area contributed by atoms with Gasteiger partial charge in [0, 0.05) is 18.7 Å². The molecule has 2 aromatic carbocycles. The summed E-state index contributed by atoms with van der Waals surface area (Å²) in [6, 6.07) is 8.74. The number of fused-ring (bicyclic) bond motifs is 1. The van der Waals surface area contributed by atoms with Crippen LogP contribution in [0.3, 0.4) is 0 Å². The second-order valence-corrected chi connectivity index (χ2v) is 8.41. The van der Waals surface area contributed by atoms with Crippen LogP contribution in [-0.4, -0.2) is 25.4 Å². The molecular weight excluding hydrogens is 390 g/mol. The van der Waals surface area contributed by atoms with Crippen LogP contribution in [-0.2, 0) is 10.0 Å². The summed E-state index contributed by atoms with van der Waals surface area (Å²) in [5.74, 6) is -0.00625. The number of benzene rings is 2. The molecular formula is C18H18ClN3O4S. The van der Waals surface area contributed by atoms with Gasteiger partial charge < -0.3 is 9.73 Å². The number of nitrogens with zero attached hydrogens (tertiary/aromatic N) is 1. The van der Waals surface area contributed by atoms with E-state index in [0.717, 1.165) is 0 Å². The van der Waals surface area contributed by atoms with E-state index in [4.69, 9.17) is 16.0 Å². The van der Waals surface area contributed by atoms with Gasteiger partial charge in [-0.05, 0) is 50.2 Å². The summed E-state index contributed by atoms with van der Waals surface area (Å²) < 4.78 is 32.5. The highest BCUT2D eigenvalue weighted by Gasteiger charge is 2.20. The third-order valence-electron chi connectivity index (χ3n) is 3.64. The molecule has 2 N–H and O–H groups in total. The van der Waals surface area contributed by atoms with Gasteiger partial charge in [-0.15, -0.1) is 0 Å². The minimum Gasteiger partial charge on any atom is -0.441 e. The Kier molecular flexibility index (Phi) is 5.23. The summed E-state index contributed by atoms with van der Waals surface area (Å²) in [6.45, 7) is 5.15. The van der Waals surface area contributed by atoms with Crippen LogP contribution >= 0.6 is 11.6 Å². The zero-order chi connectivity index (χ0) is 19.8. The van der Waals surface area contributed by atoms with Crippen LogP contribution in [0.15, 0.2) is 45.7 Å². The van der Waals surface area contributed by atoms with E-state index in [1.807, 2.05) is 0 Å². The lowest BCUT2D eigenvalue weighted by Gasteiger charge is -2.12. The third-order valence-corrected chi connectivity index (χ3v) is 5.62. The molecule has 0 saturated heterocycles. The molecule has 142 valence electrons. The molecule has 1 aromatic heterocycles. The number of amides is 1. The van der Waals surface area contributed by atoms with Crippen molar-refractivity contribution in [3.05, 3.63) is 52.9 Å². The summed E-state index contributed by atoms with van der Waals surface area (Å²) in [6.07, 6.45) is 0. The number of rotatable bonds is 5. The van der Waals surface area contributed by atoms with E-state index in [1.54, 1.807) is 39.0 Å². The van der Waals surface area contributed by atoms with Gasteiger partial charge in [-0.1, -0.05) is 11.6 Å². The number of oxazole rings is 1. The van der Waals surface area contributed by atoms with Gasteiger partial charge in [-0.3, -0.25) is 4.79 Å². The van der Waals surface area contributed by atoms with Crippen molar-refractivity contribution in [2.45, 2.75) is 31.7 Å². The third kappa shape index (κ3) is 4.29. The Hall–Kier alpha value is -2.42. The van der Waals surface area contributed by atoms with E-state index in [9.17, 15) is 13.2 Å². The number of aromatic nitrogens is 1. The monoisotopic (exact) mass is 407 g/mol. The number of nitrogens with one attached hydrogen (secondary N) is 2. The number of hydrogen-bond donors (Lipinski definition) is 2. The van der Waals surface area contributed by atoms with Gasteiger partial charge in [0.05, 0.1) is 15.5 Å². The highest BCUT2D eigenvalue weighted by molar-refractivity contribution is 7.89. The fraction of sp³-hybridized carbons (Fsp3) is 0.222. The fourth-order valence-electron chi connectivity index (χ4n) is 2.54. The Balaban J connectivity index is 1.90. The summed E-state index contributed by atoms with van der Waals surface area (Å²) in [4.78, 5) is 16.8. The lowest BCUT2D eigenvalue weighted by Crippen LogP contribution is -2.30. The fourth-order valence-corrected chi connectivity index (χ4v) is 4.02. The quantitative estimate of drug-likeness (QED) is 0.671. The molecule has 1 amide bonds.